The van der Waals surface area contributed by atoms with Gasteiger partial charge in [-0.2, -0.15) is 0 Å². The Hall–Kier alpha value is -1.62. The molecule has 1 aliphatic heterocycles. The predicted octanol–water partition coefficient (Wildman–Crippen LogP) is 1.41. The maximum atomic E-state index is 12.1. The second kappa shape index (κ2) is 3.75. The summed E-state index contributed by atoms with van der Waals surface area (Å²) in [5.41, 5.74) is 1.22. The first kappa shape index (κ1) is 9.59. The fraction of sp³-hybridized carbons (Fsp3) is 0.182. The largest absolute Gasteiger partial charge is 0.283 e. The summed E-state index contributed by atoms with van der Waals surface area (Å²) in [5.74, 6) is 0.905. The molecule has 2 heterocycles. The smallest absolute Gasteiger partial charge is 0.281 e. The molecule has 0 radical (unpaired) electrons. The zero-order chi connectivity index (χ0) is 11.0. The van der Waals surface area contributed by atoms with Gasteiger partial charge in [-0.15, -0.1) is 10.2 Å². The van der Waals surface area contributed by atoms with Crippen LogP contribution in [-0.4, -0.2) is 20.5 Å². The van der Waals surface area contributed by atoms with Crippen molar-refractivity contribution in [1.82, 2.24) is 14.8 Å². The van der Waals surface area contributed by atoms with Crippen LogP contribution < -0.4 is 5.56 Å². The molecule has 2 aromatic rings. The van der Waals surface area contributed by atoms with E-state index in [0.29, 0.717) is 5.69 Å². The van der Waals surface area contributed by atoms with Crippen molar-refractivity contribution in [2.24, 2.45) is 0 Å². The first-order valence-corrected chi connectivity index (χ1v) is 6.00. The Bertz CT molecular complexity index is 580. The van der Waals surface area contributed by atoms with Gasteiger partial charge in [0, 0.05) is 17.9 Å². The molecule has 1 aromatic carbocycles. The number of rotatable bonds is 1. The second-order valence-electron chi connectivity index (χ2n) is 3.50. The van der Waals surface area contributed by atoms with Crippen LogP contribution in [0, 0.1) is 0 Å². The van der Waals surface area contributed by atoms with Crippen molar-refractivity contribution in [2.75, 3.05) is 5.75 Å². The summed E-state index contributed by atoms with van der Waals surface area (Å²) in [6, 6.07) is 9.45. The van der Waals surface area contributed by atoms with Gasteiger partial charge in [0.2, 0.25) is 0 Å². The van der Waals surface area contributed by atoms with E-state index in [1.165, 1.54) is 0 Å². The van der Waals surface area contributed by atoms with E-state index in [4.69, 9.17) is 0 Å². The van der Waals surface area contributed by atoms with Crippen LogP contribution in [0.4, 0.5) is 0 Å². The highest BCUT2D eigenvalue weighted by atomic mass is 32.2. The van der Waals surface area contributed by atoms with Crippen LogP contribution in [0.3, 0.4) is 0 Å². The predicted molar refractivity (Wildman–Crippen MR) is 62.5 cm³/mol. The van der Waals surface area contributed by atoms with Gasteiger partial charge >= 0.3 is 0 Å². The lowest BCUT2D eigenvalue weighted by molar-refractivity contribution is 0.626. The molecule has 0 unspecified atom stereocenters. The quantitative estimate of drug-likeness (QED) is 0.744. The molecule has 4 nitrogen and oxygen atoms in total. The van der Waals surface area contributed by atoms with Gasteiger partial charge in [-0.3, -0.25) is 9.36 Å². The zero-order valence-electron chi connectivity index (χ0n) is 8.46. The summed E-state index contributed by atoms with van der Waals surface area (Å²) in [4.78, 5) is 12.1. The van der Waals surface area contributed by atoms with Crippen LogP contribution in [0.5, 0.6) is 0 Å². The lowest BCUT2D eigenvalue weighted by Gasteiger charge is -2.03. The SMILES string of the molecule is O=c1c(-c2ccccc2)nnc2n1CCS2. The average Bonchev–Trinajstić information content (AvgIpc) is 2.80. The molecule has 0 saturated carbocycles. The van der Waals surface area contributed by atoms with Gasteiger partial charge in [-0.05, 0) is 0 Å². The van der Waals surface area contributed by atoms with E-state index in [1.807, 2.05) is 30.3 Å². The van der Waals surface area contributed by atoms with E-state index in [2.05, 4.69) is 10.2 Å². The Labute approximate surface area is 96.3 Å². The number of hydrogen-bond donors (Lipinski definition) is 0. The fourth-order valence-electron chi connectivity index (χ4n) is 1.71. The molecule has 3 rings (SSSR count). The van der Waals surface area contributed by atoms with Crippen LogP contribution >= 0.6 is 11.8 Å². The lowest BCUT2D eigenvalue weighted by Crippen LogP contribution is -2.23. The van der Waals surface area contributed by atoms with Gasteiger partial charge in [0.25, 0.3) is 5.56 Å². The molecule has 0 aliphatic carbocycles. The minimum Gasteiger partial charge on any atom is -0.283 e. The Kier molecular flexibility index (Phi) is 2.25. The van der Waals surface area contributed by atoms with Crippen molar-refractivity contribution >= 4 is 11.8 Å². The summed E-state index contributed by atoms with van der Waals surface area (Å²) >= 11 is 1.58. The third kappa shape index (κ3) is 1.44. The maximum absolute atomic E-state index is 12.1. The highest BCUT2D eigenvalue weighted by Gasteiger charge is 2.17. The molecule has 0 bridgehead atoms. The summed E-state index contributed by atoms with van der Waals surface area (Å²) < 4.78 is 1.69. The van der Waals surface area contributed by atoms with E-state index >= 15 is 0 Å². The standard InChI is InChI=1S/C11H9N3OS/c15-10-9(8-4-2-1-3-5-8)12-13-11-14(10)6-7-16-11/h1-5H,6-7H2. The van der Waals surface area contributed by atoms with Crippen LogP contribution in [0.15, 0.2) is 40.3 Å². The Morgan fingerprint density at radius 3 is 2.81 bits per heavy atom. The minimum absolute atomic E-state index is 0.0406. The number of fused-ring (bicyclic) bond motifs is 1. The van der Waals surface area contributed by atoms with Crippen molar-refractivity contribution in [1.29, 1.82) is 0 Å². The molecular formula is C11H9N3OS. The molecule has 1 aromatic heterocycles. The monoisotopic (exact) mass is 231 g/mol. The topological polar surface area (TPSA) is 47.8 Å². The van der Waals surface area contributed by atoms with Crippen molar-refractivity contribution in [3.8, 4) is 11.3 Å². The highest BCUT2D eigenvalue weighted by Crippen LogP contribution is 2.21. The van der Waals surface area contributed by atoms with Crippen molar-refractivity contribution in [3.05, 3.63) is 40.7 Å². The van der Waals surface area contributed by atoms with Crippen LogP contribution in [-0.2, 0) is 6.54 Å². The van der Waals surface area contributed by atoms with Crippen LogP contribution in [0.2, 0.25) is 0 Å². The third-order valence-corrected chi connectivity index (χ3v) is 3.45. The normalized spacial score (nSPS) is 13.8. The van der Waals surface area contributed by atoms with E-state index in [0.717, 1.165) is 23.0 Å². The number of nitrogens with zero attached hydrogens (tertiary/aromatic N) is 3. The van der Waals surface area contributed by atoms with Gasteiger partial charge in [-0.1, -0.05) is 42.1 Å². The van der Waals surface area contributed by atoms with Gasteiger partial charge in [-0.25, -0.2) is 0 Å². The fourth-order valence-corrected chi connectivity index (χ4v) is 2.60. The van der Waals surface area contributed by atoms with Crippen molar-refractivity contribution in [2.45, 2.75) is 11.7 Å². The summed E-state index contributed by atoms with van der Waals surface area (Å²) in [6.45, 7) is 0.730. The maximum Gasteiger partial charge on any atom is 0.281 e. The first-order valence-electron chi connectivity index (χ1n) is 5.02. The molecule has 0 amide bonds. The molecule has 0 fully saturated rings. The molecule has 0 saturated heterocycles. The van der Waals surface area contributed by atoms with E-state index < -0.39 is 0 Å². The molecule has 16 heavy (non-hydrogen) atoms. The van der Waals surface area contributed by atoms with Gasteiger partial charge < -0.3 is 0 Å². The molecule has 5 heteroatoms. The van der Waals surface area contributed by atoms with Gasteiger partial charge in [0.05, 0.1) is 0 Å². The molecular weight excluding hydrogens is 222 g/mol. The number of thioether (sulfide) groups is 1. The summed E-state index contributed by atoms with van der Waals surface area (Å²) in [6.07, 6.45) is 0. The Morgan fingerprint density at radius 1 is 1.19 bits per heavy atom. The Balaban J connectivity index is 2.21. The van der Waals surface area contributed by atoms with Crippen LogP contribution in [0.1, 0.15) is 0 Å². The number of hydrogen-bond acceptors (Lipinski definition) is 4. The lowest BCUT2D eigenvalue weighted by atomic mass is 10.2. The Morgan fingerprint density at radius 2 is 2.00 bits per heavy atom. The number of aromatic nitrogens is 3. The first-order chi connectivity index (χ1) is 7.86. The summed E-state index contributed by atoms with van der Waals surface area (Å²) in [5, 5.41) is 8.81. The molecule has 1 aliphatic rings. The van der Waals surface area contributed by atoms with E-state index in [9.17, 15) is 4.79 Å². The average molecular weight is 231 g/mol. The summed E-state index contributed by atoms with van der Waals surface area (Å²) in [7, 11) is 0. The second-order valence-corrected chi connectivity index (χ2v) is 4.56. The highest BCUT2D eigenvalue weighted by molar-refractivity contribution is 7.99. The number of benzene rings is 1. The third-order valence-electron chi connectivity index (χ3n) is 2.51. The van der Waals surface area contributed by atoms with Gasteiger partial charge in [0.15, 0.2) is 10.9 Å². The van der Waals surface area contributed by atoms with Crippen LogP contribution in [0.25, 0.3) is 11.3 Å². The molecule has 80 valence electrons. The van der Waals surface area contributed by atoms with Crippen molar-refractivity contribution < 1.29 is 0 Å². The molecule has 0 N–H and O–H groups in total. The van der Waals surface area contributed by atoms with E-state index in [-0.39, 0.29) is 5.56 Å². The molecule has 0 spiro atoms. The molecule has 0 atom stereocenters. The zero-order valence-corrected chi connectivity index (χ0v) is 9.28. The van der Waals surface area contributed by atoms with E-state index in [1.54, 1.807) is 16.3 Å². The van der Waals surface area contributed by atoms with Crippen molar-refractivity contribution in [3.63, 3.8) is 0 Å². The van der Waals surface area contributed by atoms with Gasteiger partial charge in [0.1, 0.15) is 0 Å². The minimum atomic E-state index is -0.0406.